The summed E-state index contributed by atoms with van der Waals surface area (Å²) in [7, 11) is 0. The normalized spacial score (nSPS) is 17.1. The Morgan fingerprint density at radius 2 is 1.89 bits per heavy atom. The molecule has 0 saturated heterocycles. The summed E-state index contributed by atoms with van der Waals surface area (Å²) in [6, 6.07) is 6.01. The fourth-order valence-electron chi connectivity index (χ4n) is 6.44. The van der Waals surface area contributed by atoms with E-state index in [9.17, 15) is 28.8 Å². The van der Waals surface area contributed by atoms with Crippen LogP contribution in [-0.4, -0.2) is 70.4 Å². The van der Waals surface area contributed by atoms with Crippen LogP contribution in [0.5, 0.6) is 0 Å². The van der Waals surface area contributed by atoms with E-state index in [1.165, 1.54) is 4.57 Å². The Kier molecular flexibility index (Phi) is 12.1. The minimum Gasteiger partial charge on any atom is -0.457 e. The molecule has 2 aromatic heterocycles. The number of hydrogen-bond donors (Lipinski definition) is 5. The van der Waals surface area contributed by atoms with Gasteiger partial charge >= 0.3 is 18.0 Å². The Bertz CT molecular complexity index is 2060. The minimum atomic E-state index is -3.62. The van der Waals surface area contributed by atoms with Crippen molar-refractivity contribution in [2.75, 3.05) is 13.1 Å². The van der Waals surface area contributed by atoms with Gasteiger partial charge in [0, 0.05) is 34.0 Å². The van der Waals surface area contributed by atoms with Gasteiger partial charge in [-0.3, -0.25) is 19.2 Å². The number of carbonyl (C=O) groups is 5. The minimum absolute atomic E-state index is 0.0277. The lowest BCUT2D eigenvalue weighted by atomic mass is 9.85. The van der Waals surface area contributed by atoms with Gasteiger partial charge in [0.2, 0.25) is 17.4 Å². The van der Waals surface area contributed by atoms with E-state index >= 15 is 8.78 Å². The fourth-order valence-corrected chi connectivity index (χ4v) is 6.91. The van der Waals surface area contributed by atoms with E-state index in [0.29, 0.717) is 16.9 Å². The molecule has 290 valence electrons. The Morgan fingerprint density at radius 1 is 1.15 bits per heavy atom. The maximum atomic E-state index is 15.1. The van der Waals surface area contributed by atoms with E-state index in [-0.39, 0.29) is 56.0 Å². The summed E-state index contributed by atoms with van der Waals surface area (Å²) >= 11 is 3.53. The average molecular weight is 819 g/mol. The summed E-state index contributed by atoms with van der Waals surface area (Å²) in [6.07, 6.45) is -1.94. The number of benzene rings is 1. The van der Waals surface area contributed by atoms with Gasteiger partial charge in [-0.25, -0.2) is 23.4 Å². The topological polar surface area (TPSA) is 227 Å². The van der Waals surface area contributed by atoms with Crippen molar-refractivity contribution in [2.24, 2.45) is 17.4 Å². The van der Waals surface area contributed by atoms with Gasteiger partial charge in [0.05, 0.1) is 48.0 Å². The summed E-state index contributed by atoms with van der Waals surface area (Å²) in [5, 5.41) is 7.77. The number of nitrogens with one attached hydrogen (secondary N) is 3. The van der Waals surface area contributed by atoms with E-state index in [0.717, 1.165) is 15.4 Å². The predicted molar refractivity (Wildman–Crippen MR) is 195 cm³/mol. The van der Waals surface area contributed by atoms with Crippen molar-refractivity contribution in [3.05, 3.63) is 61.8 Å². The first-order valence-electron chi connectivity index (χ1n) is 17.5. The van der Waals surface area contributed by atoms with Crippen LogP contribution < -0.4 is 33.0 Å². The number of halogens is 3. The number of esters is 2. The van der Waals surface area contributed by atoms with Gasteiger partial charge in [-0.2, -0.15) is 0 Å². The van der Waals surface area contributed by atoms with Gasteiger partial charge in [-0.15, -0.1) is 0 Å². The molecule has 4 amide bonds. The molecule has 5 rings (SSSR count). The molecule has 18 heteroatoms. The molecule has 54 heavy (non-hydrogen) atoms. The van der Waals surface area contributed by atoms with Crippen molar-refractivity contribution in [3.63, 3.8) is 0 Å². The van der Waals surface area contributed by atoms with Crippen LogP contribution in [0.15, 0.2) is 39.6 Å². The van der Waals surface area contributed by atoms with Gasteiger partial charge in [-0.1, -0.05) is 42.8 Å². The number of hydrogen-bond acceptors (Lipinski definition) is 10. The standard InChI is InChI=1S/C36H42BrF2N7O8/c1-4-36(22-14-26-29-19(13-20-23(37)7-5-8-24(20)44-29)15-46(26)32(50)21(22)16-53-33(36)51)54-27(47)10-11-35(38,39)17-43-30(48)25(9-6-12-42-34(41)52)45-31(49)28(40)18(2)3/h5,7-8,13-14,18,25,28H,4,6,9-12,15-17,40H2,1-3H3,(H,43,48)(H,45,49)(H3,41,42,52)/t25-,28-,36-/m0/s1. The second kappa shape index (κ2) is 16.2. The predicted octanol–water partition coefficient (Wildman–Crippen LogP) is 2.84. The summed E-state index contributed by atoms with van der Waals surface area (Å²) in [5.41, 5.74) is 10.9. The molecule has 2 aliphatic rings. The molecule has 7 N–H and O–H groups in total. The number of nitrogens with two attached hydrogens (primary N) is 2. The average Bonchev–Trinajstić information content (AvgIpc) is 3.49. The first-order chi connectivity index (χ1) is 25.5. The molecule has 3 aromatic rings. The molecule has 15 nitrogen and oxygen atoms in total. The maximum Gasteiger partial charge on any atom is 0.355 e. The number of carbonyl (C=O) groups excluding carboxylic acids is 5. The second-order valence-corrected chi connectivity index (χ2v) is 14.5. The number of rotatable bonds is 15. The number of fused-ring (bicyclic) bond motifs is 5. The number of ether oxygens (including phenoxy) is 2. The highest BCUT2D eigenvalue weighted by atomic mass is 79.9. The second-order valence-electron chi connectivity index (χ2n) is 13.7. The van der Waals surface area contributed by atoms with Crippen molar-refractivity contribution in [3.8, 4) is 11.4 Å². The van der Waals surface area contributed by atoms with Crippen LogP contribution in [-0.2, 0) is 47.4 Å². The number of primary amides is 1. The molecule has 4 heterocycles. The third kappa shape index (κ3) is 8.38. The van der Waals surface area contributed by atoms with Crippen LogP contribution in [0.1, 0.15) is 69.6 Å². The van der Waals surface area contributed by atoms with Gasteiger partial charge in [-0.05, 0) is 49.4 Å². The highest BCUT2D eigenvalue weighted by Crippen LogP contribution is 2.41. The SMILES string of the molecule is CC[C@@]1(OC(=O)CCC(F)(F)CNC(=O)[C@H](CCCNC(N)=O)NC(=O)[C@@H](N)C(C)C)C(=O)OCc2c1cc1n(c2=O)Cc2cc3c(Br)cccc3nc2-1. The Hall–Kier alpha value is -4.97. The Balaban J connectivity index is 1.29. The van der Waals surface area contributed by atoms with E-state index in [1.54, 1.807) is 26.8 Å². The molecule has 1 aromatic carbocycles. The van der Waals surface area contributed by atoms with Crippen molar-refractivity contribution in [1.82, 2.24) is 25.5 Å². The number of alkyl halides is 2. The highest BCUT2D eigenvalue weighted by Gasteiger charge is 2.50. The lowest BCUT2D eigenvalue weighted by molar-refractivity contribution is -0.190. The lowest BCUT2D eigenvalue weighted by Gasteiger charge is -2.35. The largest absolute Gasteiger partial charge is 0.457 e. The first-order valence-corrected chi connectivity index (χ1v) is 18.3. The molecule has 3 atom stereocenters. The van der Waals surface area contributed by atoms with E-state index in [1.807, 2.05) is 24.3 Å². The molecule has 0 aliphatic carbocycles. The summed E-state index contributed by atoms with van der Waals surface area (Å²) < 4.78 is 43.6. The van der Waals surface area contributed by atoms with E-state index in [4.69, 9.17) is 25.9 Å². The highest BCUT2D eigenvalue weighted by molar-refractivity contribution is 9.10. The van der Waals surface area contributed by atoms with Gasteiger partial charge < -0.3 is 41.5 Å². The van der Waals surface area contributed by atoms with Gasteiger partial charge in [0.25, 0.3) is 11.5 Å². The molecule has 0 spiro atoms. The quantitative estimate of drug-likeness (QED) is 0.0871. The molecular formula is C36H42BrF2N7O8. The van der Waals surface area contributed by atoms with Crippen LogP contribution >= 0.6 is 15.9 Å². The molecule has 0 fully saturated rings. The Morgan fingerprint density at radius 3 is 2.57 bits per heavy atom. The molecule has 0 unspecified atom stereocenters. The zero-order chi connectivity index (χ0) is 39.5. The molecule has 2 aliphatic heterocycles. The van der Waals surface area contributed by atoms with E-state index < -0.39 is 78.3 Å². The number of urea groups is 1. The van der Waals surface area contributed by atoms with Crippen LogP contribution in [0.25, 0.3) is 22.3 Å². The molecule has 0 saturated carbocycles. The van der Waals surface area contributed by atoms with Crippen LogP contribution in [0.4, 0.5) is 13.6 Å². The van der Waals surface area contributed by atoms with Gasteiger partial charge in [0.1, 0.15) is 12.6 Å². The zero-order valence-corrected chi connectivity index (χ0v) is 31.5. The number of cyclic esters (lactones) is 1. The van der Waals surface area contributed by atoms with Crippen LogP contribution in [0.2, 0.25) is 0 Å². The number of aromatic nitrogens is 2. The van der Waals surface area contributed by atoms with E-state index in [2.05, 4.69) is 31.9 Å². The van der Waals surface area contributed by atoms with Crippen LogP contribution in [0.3, 0.4) is 0 Å². The fraction of sp³-hybridized carbons (Fsp3) is 0.472. The molecule has 0 radical (unpaired) electrons. The number of nitrogens with zero attached hydrogens (tertiary/aromatic N) is 2. The maximum absolute atomic E-state index is 15.1. The van der Waals surface area contributed by atoms with Crippen molar-refractivity contribution < 1.29 is 42.2 Å². The monoisotopic (exact) mass is 817 g/mol. The lowest BCUT2D eigenvalue weighted by Crippen LogP contribution is -2.54. The van der Waals surface area contributed by atoms with Crippen molar-refractivity contribution in [2.45, 2.75) is 89.6 Å². The Labute approximate surface area is 317 Å². The van der Waals surface area contributed by atoms with Crippen molar-refractivity contribution in [1.29, 1.82) is 0 Å². The summed E-state index contributed by atoms with van der Waals surface area (Å²) in [5.74, 6) is -7.59. The summed E-state index contributed by atoms with van der Waals surface area (Å²) in [4.78, 5) is 81.6. The number of pyridine rings is 2. The third-order valence-corrected chi connectivity index (χ3v) is 10.3. The van der Waals surface area contributed by atoms with Crippen LogP contribution in [0, 0.1) is 5.92 Å². The number of amides is 4. The first kappa shape index (κ1) is 40.2. The molecular weight excluding hydrogens is 776 g/mol. The zero-order valence-electron chi connectivity index (χ0n) is 29.9. The smallest absolute Gasteiger partial charge is 0.355 e. The van der Waals surface area contributed by atoms with Crippen molar-refractivity contribution >= 4 is 56.6 Å². The summed E-state index contributed by atoms with van der Waals surface area (Å²) in [6.45, 7) is 3.66. The molecule has 0 bridgehead atoms. The third-order valence-electron chi connectivity index (χ3n) is 9.59. The van der Waals surface area contributed by atoms with Gasteiger partial charge in [0.15, 0.2) is 0 Å².